The van der Waals surface area contributed by atoms with Crippen LogP contribution in [0.25, 0.3) is 0 Å². The molecule has 0 radical (unpaired) electrons. The van der Waals surface area contributed by atoms with Crippen molar-refractivity contribution in [2.75, 3.05) is 0 Å². The molecule has 0 spiro atoms. The first-order valence-corrected chi connectivity index (χ1v) is 7.56. The van der Waals surface area contributed by atoms with Crippen LogP contribution in [-0.2, 0) is 0 Å². The second-order valence-electron chi connectivity index (χ2n) is 3.79. The van der Waals surface area contributed by atoms with Crippen molar-refractivity contribution in [2.24, 2.45) is 11.3 Å². The lowest BCUT2D eigenvalue weighted by Gasteiger charge is -2.26. The summed E-state index contributed by atoms with van der Waals surface area (Å²) in [6.07, 6.45) is 1.28. The summed E-state index contributed by atoms with van der Waals surface area (Å²) in [7, 11) is -1.28. The fourth-order valence-corrected chi connectivity index (χ4v) is 4.13. The molecule has 2 heteroatoms. The second kappa shape index (κ2) is 4.94. The maximum atomic E-state index is 6.31. The van der Waals surface area contributed by atoms with Crippen LogP contribution < -0.4 is 5.40 Å². The molecule has 0 aliphatic carbocycles. The van der Waals surface area contributed by atoms with Crippen LogP contribution in [-0.4, -0.2) is 8.24 Å². The molecule has 0 saturated heterocycles. The predicted molar refractivity (Wildman–Crippen MR) is 55.2 cm³/mol. The summed E-state index contributed by atoms with van der Waals surface area (Å²) in [5.74, 6) is 0.839. The van der Waals surface area contributed by atoms with E-state index in [9.17, 15) is 0 Å². The van der Waals surface area contributed by atoms with E-state index in [1.54, 1.807) is 0 Å². The number of hydrogen-bond acceptors (Lipinski definition) is 1. The smallest absolute Gasteiger partial charge is 0.122 e. The molecule has 0 aliphatic rings. The van der Waals surface area contributed by atoms with Gasteiger partial charge in [0.15, 0.2) is 0 Å². The minimum atomic E-state index is -1.28. The predicted octanol–water partition coefficient (Wildman–Crippen LogP) is 2.98. The first-order valence-electron chi connectivity index (χ1n) is 4.86. The Kier molecular flexibility index (Phi) is 5.02. The Hall–Kier alpha value is 0.177. The van der Waals surface area contributed by atoms with Gasteiger partial charge in [-0.3, -0.25) is 0 Å². The molecule has 1 nitrogen and oxygen atoms in total. The summed E-state index contributed by atoms with van der Waals surface area (Å²) in [6.45, 7) is 9.07. The first-order chi connectivity index (χ1) is 5.08. The van der Waals surface area contributed by atoms with Gasteiger partial charge >= 0.3 is 0 Å². The van der Waals surface area contributed by atoms with Crippen molar-refractivity contribution in [2.45, 2.75) is 52.2 Å². The van der Waals surface area contributed by atoms with Gasteiger partial charge in [-0.15, -0.1) is 0 Å². The molecule has 0 heterocycles. The van der Waals surface area contributed by atoms with Crippen molar-refractivity contribution in [3.05, 3.63) is 0 Å². The highest BCUT2D eigenvalue weighted by Gasteiger charge is 2.25. The highest BCUT2D eigenvalue weighted by molar-refractivity contribution is 6.76. The molecule has 68 valence electrons. The second-order valence-corrected chi connectivity index (χ2v) is 8.33. The number of nitrogens with two attached hydrogens (primary N) is 1. The number of rotatable bonds is 5. The van der Waals surface area contributed by atoms with Gasteiger partial charge in [-0.2, -0.15) is 0 Å². The van der Waals surface area contributed by atoms with Crippen molar-refractivity contribution in [3.8, 4) is 0 Å². The van der Waals surface area contributed by atoms with Gasteiger partial charge < -0.3 is 5.40 Å². The summed E-state index contributed by atoms with van der Waals surface area (Å²) in [6, 6.07) is 3.80. The monoisotopic (exact) mass is 173 g/mol. The molecule has 0 amide bonds. The van der Waals surface area contributed by atoms with Gasteiger partial charge in [-0.05, 0) is 24.1 Å². The van der Waals surface area contributed by atoms with E-state index in [2.05, 4.69) is 27.7 Å². The van der Waals surface area contributed by atoms with Crippen LogP contribution in [0, 0.1) is 5.92 Å². The van der Waals surface area contributed by atoms with Crippen molar-refractivity contribution in [3.63, 3.8) is 0 Å². The average molecular weight is 173 g/mol. The normalized spacial score (nSPS) is 15.0. The maximum absolute atomic E-state index is 6.31. The molecule has 0 aromatic carbocycles. The van der Waals surface area contributed by atoms with Crippen LogP contribution in [0.1, 0.15) is 34.1 Å². The Labute approximate surface area is 72.5 Å². The third kappa shape index (κ3) is 3.92. The molecule has 0 rings (SSSR count). The SMILES string of the molecule is CCC(C)C[Si](N)(CC)CC. The molecule has 1 unspecified atom stereocenters. The lowest BCUT2D eigenvalue weighted by Crippen LogP contribution is -2.45. The zero-order valence-corrected chi connectivity index (χ0v) is 9.48. The standard InChI is InChI=1S/C9H23NSi/c1-5-9(4)8-11(10,6-2)7-3/h9H,5-8,10H2,1-4H3. The highest BCUT2D eigenvalue weighted by atomic mass is 28.3. The van der Waals surface area contributed by atoms with Crippen LogP contribution in [0.3, 0.4) is 0 Å². The molecule has 0 aromatic heterocycles. The highest BCUT2D eigenvalue weighted by Crippen LogP contribution is 2.21. The van der Waals surface area contributed by atoms with Crippen molar-refractivity contribution < 1.29 is 0 Å². The Balaban J connectivity index is 3.86. The summed E-state index contributed by atoms with van der Waals surface area (Å²) in [5, 5.41) is 6.31. The van der Waals surface area contributed by atoms with E-state index in [0.29, 0.717) is 0 Å². The van der Waals surface area contributed by atoms with E-state index in [-0.39, 0.29) is 0 Å². The Bertz CT molecular complexity index is 99.7. The molecule has 11 heavy (non-hydrogen) atoms. The summed E-state index contributed by atoms with van der Waals surface area (Å²) in [4.78, 5) is 0. The molecule has 0 fully saturated rings. The minimum Gasteiger partial charge on any atom is -0.351 e. The fraction of sp³-hybridized carbons (Fsp3) is 1.00. The third-order valence-corrected chi connectivity index (χ3v) is 7.19. The molecule has 2 N–H and O–H groups in total. The van der Waals surface area contributed by atoms with E-state index in [4.69, 9.17) is 5.40 Å². The quantitative estimate of drug-likeness (QED) is 0.636. The van der Waals surface area contributed by atoms with E-state index in [1.165, 1.54) is 24.6 Å². The van der Waals surface area contributed by atoms with E-state index in [1.807, 2.05) is 0 Å². The van der Waals surface area contributed by atoms with Crippen LogP contribution in [0.4, 0.5) is 0 Å². The lowest BCUT2D eigenvalue weighted by molar-refractivity contribution is 0.611. The topological polar surface area (TPSA) is 26.0 Å². The molecule has 0 aromatic rings. The van der Waals surface area contributed by atoms with Gasteiger partial charge in [0.05, 0.1) is 0 Å². The summed E-state index contributed by atoms with van der Waals surface area (Å²) < 4.78 is 0. The van der Waals surface area contributed by atoms with Gasteiger partial charge in [-0.25, -0.2) is 0 Å². The minimum absolute atomic E-state index is 0.839. The molecule has 0 saturated carbocycles. The van der Waals surface area contributed by atoms with Gasteiger partial charge in [0, 0.05) is 0 Å². The van der Waals surface area contributed by atoms with Crippen LogP contribution in [0.5, 0.6) is 0 Å². The third-order valence-electron chi connectivity index (χ3n) is 2.86. The number of hydrogen-bond donors (Lipinski definition) is 1. The van der Waals surface area contributed by atoms with Crippen molar-refractivity contribution in [1.29, 1.82) is 0 Å². The largest absolute Gasteiger partial charge is 0.351 e. The van der Waals surface area contributed by atoms with Gasteiger partial charge in [-0.1, -0.05) is 34.1 Å². The molecular weight excluding hydrogens is 150 g/mol. The zero-order valence-electron chi connectivity index (χ0n) is 8.48. The molecule has 0 aliphatic heterocycles. The first kappa shape index (κ1) is 11.2. The van der Waals surface area contributed by atoms with Crippen LogP contribution >= 0.6 is 0 Å². The van der Waals surface area contributed by atoms with E-state index >= 15 is 0 Å². The molecule has 1 atom stereocenters. The van der Waals surface area contributed by atoms with Crippen LogP contribution in [0.2, 0.25) is 18.1 Å². The maximum Gasteiger partial charge on any atom is 0.122 e. The van der Waals surface area contributed by atoms with E-state index in [0.717, 1.165) is 5.92 Å². The van der Waals surface area contributed by atoms with Crippen molar-refractivity contribution in [1.82, 2.24) is 0 Å². The molecule has 0 bridgehead atoms. The van der Waals surface area contributed by atoms with Crippen molar-refractivity contribution >= 4 is 8.24 Å². The lowest BCUT2D eigenvalue weighted by atomic mass is 10.2. The Morgan fingerprint density at radius 1 is 1.18 bits per heavy atom. The Morgan fingerprint density at radius 3 is 1.91 bits per heavy atom. The van der Waals surface area contributed by atoms with Gasteiger partial charge in [0.2, 0.25) is 0 Å². The Morgan fingerprint density at radius 2 is 1.64 bits per heavy atom. The summed E-state index contributed by atoms with van der Waals surface area (Å²) >= 11 is 0. The zero-order chi connectivity index (χ0) is 8.91. The summed E-state index contributed by atoms with van der Waals surface area (Å²) in [5.41, 5.74) is 0. The fourth-order valence-electron chi connectivity index (χ4n) is 1.38. The van der Waals surface area contributed by atoms with Gasteiger partial charge in [0.1, 0.15) is 8.24 Å². The van der Waals surface area contributed by atoms with Gasteiger partial charge in [0.25, 0.3) is 0 Å². The van der Waals surface area contributed by atoms with E-state index < -0.39 is 8.24 Å². The van der Waals surface area contributed by atoms with Crippen LogP contribution in [0.15, 0.2) is 0 Å². The average Bonchev–Trinajstić information content (AvgIpc) is 2.04. The molecular formula is C9H23NSi.